The number of nitrogens with one attached hydrogen (secondary N) is 1. The summed E-state index contributed by atoms with van der Waals surface area (Å²) in [6.07, 6.45) is 12.3. The van der Waals surface area contributed by atoms with Crippen LogP contribution in [0.4, 0.5) is 11.8 Å². The van der Waals surface area contributed by atoms with Gasteiger partial charge < -0.3 is 11.1 Å². The summed E-state index contributed by atoms with van der Waals surface area (Å²) in [6, 6.07) is 0. The van der Waals surface area contributed by atoms with Gasteiger partial charge in [-0.3, -0.25) is 0 Å². The summed E-state index contributed by atoms with van der Waals surface area (Å²) in [5.74, 6) is 1.09. The molecule has 3 N–H and O–H groups in total. The van der Waals surface area contributed by atoms with Gasteiger partial charge in [0.15, 0.2) is 0 Å². The summed E-state index contributed by atoms with van der Waals surface area (Å²) >= 11 is 3.41. The molecule has 0 aliphatic heterocycles. The first-order chi connectivity index (χ1) is 9.24. The van der Waals surface area contributed by atoms with E-state index in [4.69, 9.17) is 5.73 Å². The predicted molar refractivity (Wildman–Crippen MR) is 85.2 cm³/mol. The van der Waals surface area contributed by atoms with Crippen LogP contribution in [0, 0.1) is 0 Å². The summed E-state index contributed by atoms with van der Waals surface area (Å²) in [7, 11) is 0. The highest BCUT2D eigenvalue weighted by molar-refractivity contribution is 9.10. The number of anilines is 2. The zero-order valence-electron chi connectivity index (χ0n) is 11.8. The van der Waals surface area contributed by atoms with E-state index in [1.165, 1.54) is 51.4 Å². The number of hydrogen-bond acceptors (Lipinski definition) is 4. The molecule has 0 unspecified atom stereocenters. The third kappa shape index (κ3) is 7.35. The van der Waals surface area contributed by atoms with Crippen LogP contribution in [0.1, 0.15) is 58.3 Å². The van der Waals surface area contributed by atoms with Gasteiger partial charge >= 0.3 is 0 Å². The summed E-state index contributed by atoms with van der Waals surface area (Å²) in [5.41, 5.74) is 5.55. The predicted octanol–water partition coefficient (Wildman–Crippen LogP) is 4.37. The molecule has 0 aliphatic carbocycles. The van der Waals surface area contributed by atoms with Gasteiger partial charge in [0.2, 0.25) is 5.95 Å². The van der Waals surface area contributed by atoms with E-state index in [1.807, 2.05) is 0 Å². The van der Waals surface area contributed by atoms with Crippen LogP contribution >= 0.6 is 15.9 Å². The molecule has 0 fully saturated rings. The molecule has 108 valence electrons. The summed E-state index contributed by atoms with van der Waals surface area (Å²) in [4.78, 5) is 8.06. The molecule has 4 nitrogen and oxygen atoms in total. The van der Waals surface area contributed by atoms with Crippen LogP contribution in [-0.4, -0.2) is 16.5 Å². The average Bonchev–Trinajstić information content (AvgIpc) is 2.40. The molecule has 0 radical (unpaired) electrons. The van der Waals surface area contributed by atoms with E-state index in [9.17, 15) is 0 Å². The molecule has 5 heteroatoms. The summed E-state index contributed by atoms with van der Waals surface area (Å²) in [5, 5.41) is 3.29. The second-order valence-corrected chi connectivity index (χ2v) is 5.68. The van der Waals surface area contributed by atoms with Crippen molar-refractivity contribution in [1.82, 2.24) is 9.97 Å². The maximum Gasteiger partial charge on any atom is 0.221 e. The highest BCUT2D eigenvalue weighted by Gasteiger charge is 2.01. The van der Waals surface area contributed by atoms with Gasteiger partial charge in [-0.05, 0) is 22.4 Å². The van der Waals surface area contributed by atoms with Crippen molar-refractivity contribution in [3.8, 4) is 0 Å². The molecule has 0 aromatic carbocycles. The van der Waals surface area contributed by atoms with E-state index in [2.05, 4.69) is 38.1 Å². The highest BCUT2D eigenvalue weighted by Crippen LogP contribution is 2.19. The van der Waals surface area contributed by atoms with Crippen LogP contribution in [0.15, 0.2) is 10.7 Å². The Kier molecular flexibility index (Phi) is 8.54. The van der Waals surface area contributed by atoms with Crippen molar-refractivity contribution in [2.45, 2.75) is 58.3 Å². The van der Waals surface area contributed by atoms with Gasteiger partial charge in [0.1, 0.15) is 5.82 Å². The molecule has 0 saturated carbocycles. The first-order valence-corrected chi connectivity index (χ1v) is 8.05. The Morgan fingerprint density at radius 2 is 1.74 bits per heavy atom. The van der Waals surface area contributed by atoms with E-state index < -0.39 is 0 Å². The van der Waals surface area contributed by atoms with Crippen LogP contribution in [0.25, 0.3) is 0 Å². The Morgan fingerprint density at radius 1 is 1.11 bits per heavy atom. The molecule has 0 amide bonds. The SMILES string of the molecule is CCCCCCCCCCNc1nc(N)ncc1Br. The quantitative estimate of drug-likeness (QED) is 0.626. The lowest BCUT2D eigenvalue weighted by molar-refractivity contribution is 0.581. The van der Waals surface area contributed by atoms with Crippen molar-refractivity contribution in [2.24, 2.45) is 0 Å². The van der Waals surface area contributed by atoms with Gasteiger partial charge in [-0.1, -0.05) is 51.9 Å². The highest BCUT2D eigenvalue weighted by atomic mass is 79.9. The van der Waals surface area contributed by atoms with Crippen LogP contribution in [0.2, 0.25) is 0 Å². The molecule has 0 bridgehead atoms. The Balaban J connectivity index is 2.03. The largest absolute Gasteiger partial charge is 0.369 e. The minimum absolute atomic E-state index is 0.307. The Bertz CT molecular complexity index is 357. The molecule has 0 saturated heterocycles. The number of unbranched alkanes of at least 4 members (excludes halogenated alkanes) is 7. The van der Waals surface area contributed by atoms with E-state index in [1.54, 1.807) is 6.20 Å². The number of nitrogens with zero attached hydrogens (tertiary/aromatic N) is 2. The van der Waals surface area contributed by atoms with E-state index in [0.29, 0.717) is 5.95 Å². The third-order valence-electron chi connectivity index (χ3n) is 3.09. The first-order valence-electron chi connectivity index (χ1n) is 7.26. The van der Waals surface area contributed by atoms with E-state index in [-0.39, 0.29) is 0 Å². The monoisotopic (exact) mass is 328 g/mol. The molecular weight excluding hydrogens is 304 g/mol. The number of aromatic nitrogens is 2. The fourth-order valence-electron chi connectivity index (χ4n) is 1.97. The lowest BCUT2D eigenvalue weighted by Gasteiger charge is -2.07. The lowest BCUT2D eigenvalue weighted by Crippen LogP contribution is -2.06. The van der Waals surface area contributed by atoms with Crippen molar-refractivity contribution < 1.29 is 0 Å². The summed E-state index contributed by atoms with van der Waals surface area (Å²) < 4.78 is 0.862. The molecule has 1 rings (SSSR count). The standard InChI is InChI=1S/C14H25BrN4/c1-2-3-4-5-6-7-8-9-10-17-13-12(15)11-18-14(16)19-13/h11H,2-10H2,1H3,(H3,16,17,18,19). The van der Waals surface area contributed by atoms with Crippen LogP contribution in [-0.2, 0) is 0 Å². The number of nitrogens with two attached hydrogens (primary N) is 1. The molecule has 1 aromatic rings. The van der Waals surface area contributed by atoms with E-state index >= 15 is 0 Å². The zero-order valence-corrected chi connectivity index (χ0v) is 13.4. The molecule has 19 heavy (non-hydrogen) atoms. The van der Waals surface area contributed by atoms with Crippen LogP contribution in [0.5, 0.6) is 0 Å². The first kappa shape index (κ1) is 16.2. The average molecular weight is 329 g/mol. The minimum atomic E-state index is 0.307. The Morgan fingerprint density at radius 3 is 2.42 bits per heavy atom. The van der Waals surface area contributed by atoms with Crippen molar-refractivity contribution >= 4 is 27.7 Å². The molecule has 1 aromatic heterocycles. The molecule has 0 spiro atoms. The summed E-state index contributed by atoms with van der Waals surface area (Å²) in [6.45, 7) is 3.19. The number of nitrogen functional groups attached to an aromatic ring is 1. The van der Waals surface area contributed by atoms with Crippen molar-refractivity contribution in [2.75, 3.05) is 17.6 Å². The maximum absolute atomic E-state index is 5.55. The Hall–Kier alpha value is -0.840. The smallest absolute Gasteiger partial charge is 0.221 e. The van der Waals surface area contributed by atoms with Gasteiger partial charge in [-0.15, -0.1) is 0 Å². The number of hydrogen-bond donors (Lipinski definition) is 2. The minimum Gasteiger partial charge on any atom is -0.369 e. The number of halogens is 1. The van der Waals surface area contributed by atoms with Crippen molar-refractivity contribution in [1.29, 1.82) is 0 Å². The van der Waals surface area contributed by atoms with Crippen molar-refractivity contribution in [3.05, 3.63) is 10.7 Å². The lowest BCUT2D eigenvalue weighted by atomic mass is 10.1. The fraction of sp³-hybridized carbons (Fsp3) is 0.714. The van der Waals surface area contributed by atoms with Gasteiger partial charge in [-0.2, -0.15) is 4.98 Å². The molecule has 0 aliphatic rings. The molecule has 1 heterocycles. The normalized spacial score (nSPS) is 10.6. The van der Waals surface area contributed by atoms with E-state index in [0.717, 1.165) is 16.8 Å². The van der Waals surface area contributed by atoms with Crippen molar-refractivity contribution in [3.63, 3.8) is 0 Å². The Labute approximate surface area is 124 Å². The second kappa shape index (κ2) is 10.0. The second-order valence-electron chi connectivity index (χ2n) is 4.83. The third-order valence-corrected chi connectivity index (χ3v) is 3.67. The topological polar surface area (TPSA) is 63.8 Å². The van der Waals surface area contributed by atoms with Crippen LogP contribution < -0.4 is 11.1 Å². The van der Waals surface area contributed by atoms with Gasteiger partial charge in [0, 0.05) is 12.7 Å². The number of rotatable bonds is 10. The van der Waals surface area contributed by atoms with Gasteiger partial charge in [0.25, 0.3) is 0 Å². The molecular formula is C14H25BrN4. The zero-order chi connectivity index (χ0) is 13.9. The van der Waals surface area contributed by atoms with Gasteiger partial charge in [-0.25, -0.2) is 4.98 Å². The molecule has 0 atom stereocenters. The van der Waals surface area contributed by atoms with Gasteiger partial charge in [0.05, 0.1) is 4.47 Å². The maximum atomic E-state index is 5.55. The van der Waals surface area contributed by atoms with Crippen LogP contribution in [0.3, 0.4) is 0 Å². The fourth-order valence-corrected chi connectivity index (χ4v) is 2.30.